The SMILES string of the molecule is Cc1cc2c(s1)Nc1ccccc1N=C2N1CC[N+](C)(COC(=O)NCC(=O)OCc2ccccc2)CC1.[I-]. The third kappa shape index (κ3) is 7.28. The molecule has 206 valence electrons. The van der Waals surface area contributed by atoms with E-state index in [4.69, 9.17) is 14.5 Å². The first kappa shape index (κ1) is 28.8. The fraction of sp³-hybridized carbons (Fsp3) is 0.321. The van der Waals surface area contributed by atoms with Crippen LogP contribution in [-0.2, 0) is 20.9 Å². The molecule has 0 radical (unpaired) electrons. The second kappa shape index (κ2) is 12.8. The normalized spacial score (nSPS) is 15.3. The van der Waals surface area contributed by atoms with E-state index in [1.807, 2.05) is 48.5 Å². The number of carbonyl (C=O) groups excluding carboxylic acids is 2. The minimum Gasteiger partial charge on any atom is -1.00 e. The number of benzene rings is 2. The van der Waals surface area contributed by atoms with Gasteiger partial charge in [0.2, 0.25) is 6.73 Å². The Morgan fingerprint density at radius 1 is 1.08 bits per heavy atom. The fourth-order valence-corrected chi connectivity index (χ4v) is 5.40. The van der Waals surface area contributed by atoms with Gasteiger partial charge in [-0.05, 0) is 30.7 Å². The first-order chi connectivity index (χ1) is 18.4. The largest absolute Gasteiger partial charge is 1.00 e. The Kier molecular flexibility index (Phi) is 9.46. The number of anilines is 2. The number of piperazine rings is 1. The molecular weight excluding hydrogens is 629 g/mol. The number of amides is 1. The molecule has 1 amide bonds. The van der Waals surface area contributed by atoms with Crippen LogP contribution in [0.4, 0.5) is 21.2 Å². The highest BCUT2D eigenvalue weighted by Gasteiger charge is 2.33. The maximum atomic E-state index is 12.2. The molecule has 5 rings (SSSR count). The highest BCUT2D eigenvalue weighted by atomic mass is 127. The van der Waals surface area contributed by atoms with E-state index in [1.165, 1.54) is 4.88 Å². The molecule has 3 heterocycles. The molecule has 0 aliphatic carbocycles. The predicted octanol–water partition coefficient (Wildman–Crippen LogP) is 1.39. The number of alkyl carbamates (subject to hydrolysis) is 1. The number of aliphatic imine (C=N–C) groups is 1. The molecule has 9 nitrogen and oxygen atoms in total. The van der Waals surface area contributed by atoms with Crippen LogP contribution in [0.1, 0.15) is 16.0 Å². The number of nitrogens with zero attached hydrogens (tertiary/aromatic N) is 3. The molecule has 1 saturated heterocycles. The molecule has 2 N–H and O–H groups in total. The van der Waals surface area contributed by atoms with Gasteiger partial charge in [0.25, 0.3) is 0 Å². The topological polar surface area (TPSA) is 92.3 Å². The number of quaternary nitrogens is 1. The summed E-state index contributed by atoms with van der Waals surface area (Å²) in [6, 6.07) is 19.7. The van der Waals surface area contributed by atoms with Crippen molar-refractivity contribution in [1.29, 1.82) is 0 Å². The van der Waals surface area contributed by atoms with E-state index in [0.29, 0.717) is 4.48 Å². The van der Waals surface area contributed by atoms with Gasteiger partial charge in [0.1, 0.15) is 24.0 Å². The van der Waals surface area contributed by atoms with Crippen molar-refractivity contribution in [1.82, 2.24) is 10.2 Å². The predicted molar refractivity (Wildman–Crippen MR) is 148 cm³/mol. The Balaban J connectivity index is 0.00000353. The van der Waals surface area contributed by atoms with Crippen LogP contribution in [0.25, 0.3) is 0 Å². The summed E-state index contributed by atoms with van der Waals surface area (Å²) in [6.07, 6.45) is -0.627. The molecule has 3 aromatic rings. The third-order valence-corrected chi connectivity index (χ3v) is 7.69. The molecule has 0 bridgehead atoms. The molecule has 1 aromatic heterocycles. The minimum absolute atomic E-state index is 0. The Hall–Kier alpha value is -3.16. The minimum atomic E-state index is -0.627. The first-order valence-corrected chi connectivity index (χ1v) is 13.4. The van der Waals surface area contributed by atoms with Crippen LogP contribution in [0.15, 0.2) is 65.7 Å². The highest BCUT2D eigenvalue weighted by molar-refractivity contribution is 7.16. The smallest absolute Gasteiger partial charge is 0.411 e. The molecule has 2 aliphatic heterocycles. The van der Waals surface area contributed by atoms with E-state index >= 15 is 0 Å². The van der Waals surface area contributed by atoms with Gasteiger partial charge in [-0.1, -0.05) is 42.5 Å². The van der Waals surface area contributed by atoms with Gasteiger partial charge in [0.05, 0.1) is 50.2 Å². The summed E-state index contributed by atoms with van der Waals surface area (Å²) in [5, 5.41) is 7.15. The molecule has 0 atom stereocenters. The third-order valence-electron chi connectivity index (χ3n) is 6.72. The molecule has 2 aromatic carbocycles. The monoisotopic (exact) mass is 661 g/mol. The Morgan fingerprint density at radius 3 is 2.56 bits per heavy atom. The van der Waals surface area contributed by atoms with Crippen LogP contribution in [0.5, 0.6) is 0 Å². The second-order valence-electron chi connectivity index (χ2n) is 9.79. The Morgan fingerprint density at radius 2 is 1.79 bits per heavy atom. The van der Waals surface area contributed by atoms with E-state index < -0.39 is 12.1 Å². The molecule has 0 unspecified atom stereocenters. The maximum Gasteiger partial charge on any atom is 0.411 e. The number of thiophene rings is 1. The van der Waals surface area contributed by atoms with Gasteiger partial charge in [-0.15, -0.1) is 11.3 Å². The summed E-state index contributed by atoms with van der Waals surface area (Å²) in [4.78, 5) is 32.8. The molecule has 0 spiro atoms. The zero-order valence-corrected chi connectivity index (χ0v) is 25.0. The van der Waals surface area contributed by atoms with Crippen LogP contribution in [0, 0.1) is 6.92 Å². The number of halogens is 1. The molecule has 39 heavy (non-hydrogen) atoms. The van der Waals surface area contributed by atoms with Crippen LogP contribution in [0.2, 0.25) is 0 Å². The lowest BCUT2D eigenvalue weighted by atomic mass is 10.2. The van der Waals surface area contributed by atoms with Crippen LogP contribution in [0.3, 0.4) is 0 Å². The van der Waals surface area contributed by atoms with E-state index in [1.54, 1.807) is 11.3 Å². The van der Waals surface area contributed by atoms with Gasteiger partial charge < -0.3 is 49.0 Å². The number of nitrogens with one attached hydrogen (secondary N) is 2. The lowest BCUT2D eigenvalue weighted by Gasteiger charge is -2.42. The van der Waals surface area contributed by atoms with Gasteiger partial charge in [0.15, 0.2) is 0 Å². The summed E-state index contributed by atoms with van der Waals surface area (Å²) in [7, 11) is 2.07. The lowest BCUT2D eigenvalue weighted by Crippen LogP contribution is -3.00. The van der Waals surface area contributed by atoms with E-state index in [9.17, 15) is 9.59 Å². The number of para-hydroxylation sites is 2. The standard InChI is InChI=1S/C28H31N5O4S.HI/c1-20-16-22-26(30-23-10-6-7-11-24(23)31-27(22)38-20)32-12-14-33(2,15-13-32)19-37-28(35)29-17-25(34)36-18-21-8-4-3-5-9-21;/h3-11,16H,12-15,17-19H2,1-2H3,(H-,29,30,31,35);1H. The van der Waals surface area contributed by atoms with Crippen LogP contribution >= 0.6 is 11.3 Å². The number of rotatable bonds is 6. The molecule has 11 heteroatoms. The van der Waals surface area contributed by atoms with Gasteiger partial charge in [0, 0.05) is 4.88 Å². The molecule has 0 saturated carbocycles. The lowest BCUT2D eigenvalue weighted by molar-refractivity contribution is -0.928. The van der Waals surface area contributed by atoms with Crippen molar-refractivity contribution in [3.05, 3.63) is 76.7 Å². The molecule has 2 aliphatic rings. The number of ether oxygens (including phenoxy) is 2. The maximum absolute atomic E-state index is 12.2. The van der Waals surface area contributed by atoms with Crippen molar-refractivity contribution in [3.63, 3.8) is 0 Å². The first-order valence-electron chi connectivity index (χ1n) is 12.6. The highest BCUT2D eigenvalue weighted by Crippen LogP contribution is 2.39. The summed E-state index contributed by atoms with van der Waals surface area (Å²) < 4.78 is 11.2. The second-order valence-corrected chi connectivity index (χ2v) is 11.0. The number of fused-ring (bicyclic) bond motifs is 2. The van der Waals surface area contributed by atoms with Crippen molar-refractivity contribution in [3.8, 4) is 0 Å². The number of carbonyl (C=O) groups is 2. The van der Waals surface area contributed by atoms with Crippen molar-refractivity contribution >= 4 is 45.6 Å². The number of aryl methyl sites for hydroxylation is 1. The summed E-state index contributed by atoms with van der Waals surface area (Å²) in [5.74, 6) is 0.462. The number of esters is 1. The fourth-order valence-electron chi connectivity index (χ4n) is 4.48. The van der Waals surface area contributed by atoms with Crippen LogP contribution in [-0.4, -0.2) is 73.8 Å². The van der Waals surface area contributed by atoms with Gasteiger partial charge in [-0.3, -0.25) is 9.28 Å². The summed E-state index contributed by atoms with van der Waals surface area (Å²) in [5.41, 5.74) is 3.94. The number of hydrogen-bond acceptors (Lipinski definition) is 8. The summed E-state index contributed by atoms with van der Waals surface area (Å²) in [6.45, 7) is 5.41. The van der Waals surface area contributed by atoms with Gasteiger partial charge in [-0.25, -0.2) is 9.79 Å². The van der Waals surface area contributed by atoms with Crippen molar-refractivity contribution in [2.24, 2.45) is 4.99 Å². The van der Waals surface area contributed by atoms with Crippen molar-refractivity contribution in [2.75, 3.05) is 51.8 Å². The number of amidine groups is 1. The van der Waals surface area contributed by atoms with Crippen LogP contribution < -0.4 is 34.6 Å². The zero-order valence-electron chi connectivity index (χ0n) is 22.0. The van der Waals surface area contributed by atoms with Gasteiger partial charge in [-0.2, -0.15) is 0 Å². The number of likely N-dealkylation sites (N-methyl/N-ethyl adjacent to an activating group) is 1. The zero-order chi connectivity index (χ0) is 26.5. The Bertz CT molecular complexity index is 1340. The van der Waals surface area contributed by atoms with Crippen molar-refractivity contribution in [2.45, 2.75) is 13.5 Å². The van der Waals surface area contributed by atoms with E-state index in [2.05, 4.69) is 41.6 Å². The number of hydrogen-bond donors (Lipinski definition) is 2. The summed E-state index contributed by atoms with van der Waals surface area (Å²) >= 11 is 1.73. The molecule has 1 fully saturated rings. The molecular formula is C28H32IN5O4S. The van der Waals surface area contributed by atoms with E-state index in [-0.39, 0.29) is 43.9 Å². The average Bonchev–Trinajstić information content (AvgIpc) is 3.22. The van der Waals surface area contributed by atoms with Gasteiger partial charge >= 0.3 is 12.1 Å². The quantitative estimate of drug-likeness (QED) is 0.236. The Labute approximate surface area is 249 Å². The van der Waals surface area contributed by atoms with Crippen molar-refractivity contribution < 1.29 is 47.5 Å². The van der Waals surface area contributed by atoms with E-state index in [0.717, 1.165) is 59.5 Å². The average molecular weight is 662 g/mol.